The first-order valence-electron chi connectivity index (χ1n) is 6.96. The molecule has 0 radical (unpaired) electrons. The molecule has 0 spiro atoms. The first-order valence-corrected chi connectivity index (χ1v) is 8.04. The van der Waals surface area contributed by atoms with Gasteiger partial charge in [0, 0.05) is 15.3 Å². The maximum atomic E-state index is 4.50. The van der Waals surface area contributed by atoms with Gasteiger partial charge in [-0.25, -0.2) is 0 Å². The normalized spacial score (nSPS) is 10.8. The van der Waals surface area contributed by atoms with Crippen LogP contribution < -0.4 is 0 Å². The average Bonchev–Trinajstić information content (AvgIpc) is 2.86. The van der Waals surface area contributed by atoms with Crippen LogP contribution in [0.4, 0.5) is 0 Å². The minimum Gasteiger partial charge on any atom is -0.268 e. The molecule has 0 aliphatic carbocycles. The summed E-state index contributed by atoms with van der Waals surface area (Å²) in [7, 11) is 0. The van der Waals surface area contributed by atoms with Crippen molar-refractivity contribution < 1.29 is 0 Å². The van der Waals surface area contributed by atoms with Crippen LogP contribution in [-0.2, 0) is 6.54 Å². The van der Waals surface area contributed by atoms with Gasteiger partial charge in [0.25, 0.3) is 0 Å². The van der Waals surface area contributed by atoms with Crippen molar-refractivity contribution in [2.45, 2.75) is 20.4 Å². The summed E-state index contributed by atoms with van der Waals surface area (Å²) in [6.07, 6.45) is 4.06. The minimum atomic E-state index is 0.811. The fourth-order valence-corrected chi connectivity index (χ4v) is 3.33. The van der Waals surface area contributed by atoms with Crippen LogP contribution >= 0.6 is 22.6 Å². The molecule has 0 amide bonds. The van der Waals surface area contributed by atoms with Gasteiger partial charge in [-0.2, -0.15) is 5.10 Å². The molecule has 3 heteroatoms. The highest BCUT2D eigenvalue weighted by Crippen LogP contribution is 2.24. The van der Waals surface area contributed by atoms with Gasteiger partial charge in [0.05, 0.1) is 12.7 Å². The molecule has 0 saturated heterocycles. The smallest absolute Gasteiger partial charge is 0.0659 e. The summed E-state index contributed by atoms with van der Waals surface area (Å²) in [5.41, 5.74) is 6.31. The summed E-state index contributed by atoms with van der Waals surface area (Å²) in [4.78, 5) is 0. The lowest BCUT2D eigenvalue weighted by molar-refractivity contribution is 0.686. The van der Waals surface area contributed by atoms with Crippen molar-refractivity contribution in [1.82, 2.24) is 9.78 Å². The number of halogens is 1. The Morgan fingerprint density at radius 1 is 1.05 bits per heavy atom. The lowest BCUT2D eigenvalue weighted by Crippen LogP contribution is -2.00. The van der Waals surface area contributed by atoms with Gasteiger partial charge in [0.2, 0.25) is 0 Å². The van der Waals surface area contributed by atoms with E-state index in [4.69, 9.17) is 0 Å². The quantitative estimate of drug-likeness (QED) is 0.589. The third-order valence-electron chi connectivity index (χ3n) is 3.44. The molecule has 106 valence electrons. The number of aryl methyl sites for hydroxylation is 2. The standard InChI is InChI=1S/C18H17IN2/c1-13-7-14(2)9-15(8-13)11-21-12-16(10-20-21)17-5-3-4-6-18(17)19/h3-10,12H,11H2,1-2H3. The van der Waals surface area contributed by atoms with Crippen LogP contribution in [0.5, 0.6) is 0 Å². The molecule has 0 atom stereocenters. The summed E-state index contributed by atoms with van der Waals surface area (Å²) in [5.74, 6) is 0. The Morgan fingerprint density at radius 2 is 1.76 bits per heavy atom. The van der Waals surface area contributed by atoms with E-state index in [0.29, 0.717) is 0 Å². The van der Waals surface area contributed by atoms with E-state index in [1.807, 2.05) is 10.9 Å². The first-order chi connectivity index (χ1) is 10.1. The van der Waals surface area contributed by atoms with Crippen LogP contribution in [0.25, 0.3) is 11.1 Å². The second kappa shape index (κ2) is 6.02. The molecule has 0 N–H and O–H groups in total. The van der Waals surface area contributed by atoms with Crippen molar-refractivity contribution in [2.24, 2.45) is 0 Å². The summed E-state index contributed by atoms with van der Waals surface area (Å²) < 4.78 is 3.26. The second-order valence-electron chi connectivity index (χ2n) is 5.40. The third kappa shape index (κ3) is 3.35. The van der Waals surface area contributed by atoms with Crippen LogP contribution in [0.1, 0.15) is 16.7 Å². The molecule has 0 bridgehead atoms. The van der Waals surface area contributed by atoms with Crippen molar-refractivity contribution >= 4 is 22.6 Å². The van der Waals surface area contributed by atoms with Crippen molar-refractivity contribution in [3.8, 4) is 11.1 Å². The van der Waals surface area contributed by atoms with E-state index in [1.165, 1.54) is 31.4 Å². The number of rotatable bonds is 3. The lowest BCUT2D eigenvalue weighted by atomic mass is 10.1. The average molecular weight is 388 g/mol. The summed E-state index contributed by atoms with van der Waals surface area (Å²) in [6.45, 7) is 5.08. The van der Waals surface area contributed by atoms with E-state index in [2.05, 4.69) is 90.2 Å². The van der Waals surface area contributed by atoms with E-state index >= 15 is 0 Å². The van der Waals surface area contributed by atoms with Gasteiger partial charge in [-0.3, -0.25) is 4.68 Å². The van der Waals surface area contributed by atoms with E-state index < -0.39 is 0 Å². The minimum absolute atomic E-state index is 0.811. The lowest BCUT2D eigenvalue weighted by Gasteiger charge is -2.05. The van der Waals surface area contributed by atoms with Crippen molar-refractivity contribution in [2.75, 3.05) is 0 Å². The summed E-state index contributed by atoms with van der Waals surface area (Å²) >= 11 is 2.37. The highest BCUT2D eigenvalue weighted by atomic mass is 127. The molecule has 2 nitrogen and oxygen atoms in total. The number of aromatic nitrogens is 2. The Morgan fingerprint density at radius 3 is 2.48 bits per heavy atom. The first kappa shape index (κ1) is 14.3. The monoisotopic (exact) mass is 388 g/mol. The molecule has 0 unspecified atom stereocenters. The Kier molecular flexibility index (Phi) is 4.10. The zero-order valence-electron chi connectivity index (χ0n) is 12.2. The SMILES string of the molecule is Cc1cc(C)cc(Cn2cc(-c3ccccc3I)cn2)c1. The van der Waals surface area contributed by atoms with Gasteiger partial charge in [0.1, 0.15) is 0 Å². The molecule has 21 heavy (non-hydrogen) atoms. The molecule has 3 aromatic rings. The maximum Gasteiger partial charge on any atom is 0.0659 e. The van der Waals surface area contributed by atoms with Gasteiger partial charge >= 0.3 is 0 Å². The Hall–Kier alpha value is -1.62. The Balaban J connectivity index is 1.87. The van der Waals surface area contributed by atoms with Crippen LogP contribution in [-0.4, -0.2) is 9.78 Å². The molecule has 0 saturated carbocycles. The predicted octanol–water partition coefficient (Wildman–Crippen LogP) is 4.82. The van der Waals surface area contributed by atoms with Crippen LogP contribution in [0, 0.1) is 17.4 Å². The van der Waals surface area contributed by atoms with Gasteiger partial charge in [0.15, 0.2) is 0 Å². The second-order valence-corrected chi connectivity index (χ2v) is 6.56. The number of benzene rings is 2. The molecule has 1 heterocycles. The third-order valence-corrected chi connectivity index (χ3v) is 4.38. The fourth-order valence-electron chi connectivity index (χ4n) is 2.63. The molecule has 3 rings (SSSR count). The molecule has 0 aliphatic heterocycles. The van der Waals surface area contributed by atoms with Gasteiger partial charge in [-0.05, 0) is 53.6 Å². The molecular formula is C18H17IN2. The van der Waals surface area contributed by atoms with Crippen molar-refractivity contribution in [3.05, 3.63) is 75.1 Å². The molecule has 1 aromatic heterocycles. The summed E-state index contributed by atoms with van der Waals surface area (Å²) in [5, 5.41) is 4.50. The van der Waals surface area contributed by atoms with Gasteiger partial charge < -0.3 is 0 Å². The zero-order valence-corrected chi connectivity index (χ0v) is 14.3. The van der Waals surface area contributed by atoms with Gasteiger partial charge in [-0.15, -0.1) is 0 Å². The molecule has 0 aliphatic rings. The molecule has 0 fully saturated rings. The van der Waals surface area contributed by atoms with E-state index in [0.717, 1.165) is 6.54 Å². The topological polar surface area (TPSA) is 17.8 Å². The number of nitrogens with zero attached hydrogens (tertiary/aromatic N) is 2. The zero-order chi connectivity index (χ0) is 14.8. The largest absolute Gasteiger partial charge is 0.268 e. The fraction of sp³-hybridized carbons (Fsp3) is 0.167. The molecular weight excluding hydrogens is 371 g/mol. The van der Waals surface area contributed by atoms with Crippen LogP contribution in [0.15, 0.2) is 54.9 Å². The van der Waals surface area contributed by atoms with Crippen molar-refractivity contribution in [1.29, 1.82) is 0 Å². The van der Waals surface area contributed by atoms with Gasteiger partial charge in [-0.1, -0.05) is 47.5 Å². The van der Waals surface area contributed by atoms with E-state index in [9.17, 15) is 0 Å². The van der Waals surface area contributed by atoms with Crippen LogP contribution in [0.3, 0.4) is 0 Å². The number of hydrogen-bond donors (Lipinski definition) is 0. The Labute approximate surface area is 139 Å². The highest BCUT2D eigenvalue weighted by Gasteiger charge is 2.06. The Bertz CT molecular complexity index is 754. The van der Waals surface area contributed by atoms with Crippen molar-refractivity contribution in [3.63, 3.8) is 0 Å². The van der Waals surface area contributed by atoms with Crippen LogP contribution in [0.2, 0.25) is 0 Å². The highest BCUT2D eigenvalue weighted by molar-refractivity contribution is 14.1. The summed E-state index contributed by atoms with van der Waals surface area (Å²) in [6, 6.07) is 15.0. The van der Waals surface area contributed by atoms with E-state index in [1.54, 1.807) is 0 Å². The number of hydrogen-bond acceptors (Lipinski definition) is 1. The van der Waals surface area contributed by atoms with E-state index in [-0.39, 0.29) is 0 Å². The maximum absolute atomic E-state index is 4.50. The predicted molar refractivity (Wildman–Crippen MR) is 95.4 cm³/mol. The molecule has 2 aromatic carbocycles.